The number of carbonyl (C=O) groups is 1. The van der Waals surface area contributed by atoms with Crippen LogP contribution in [-0.4, -0.2) is 5.91 Å². The van der Waals surface area contributed by atoms with E-state index in [2.05, 4.69) is 17.4 Å². The second-order valence-electron chi connectivity index (χ2n) is 3.79. The maximum atomic E-state index is 11.2. The first-order valence-electron chi connectivity index (χ1n) is 5.08. The predicted molar refractivity (Wildman–Crippen MR) is 55.9 cm³/mol. The SMILES string of the molecule is N#CNC(=O)Cc1ccc2c(c1)CCC2. The maximum Gasteiger partial charge on any atom is 0.237 e. The number of carbonyl (C=O) groups excluding carboxylic acids is 1. The molecule has 76 valence electrons. The van der Waals surface area contributed by atoms with E-state index in [1.807, 2.05) is 6.07 Å². The molecule has 1 aromatic carbocycles. The highest BCUT2D eigenvalue weighted by Gasteiger charge is 2.11. The quantitative estimate of drug-likeness (QED) is 0.578. The van der Waals surface area contributed by atoms with Crippen molar-refractivity contribution in [3.8, 4) is 6.19 Å². The van der Waals surface area contributed by atoms with Gasteiger partial charge in [0, 0.05) is 0 Å². The number of nitrogens with zero attached hydrogens (tertiary/aromatic N) is 1. The zero-order valence-corrected chi connectivity index (χ0v) is 8.42. The van der Waals surface area contributed by atoms with Crippen LogP contribution in [0.25, 0.3) is 0 Å². The van der Waals surface area contributed by atoms with Crippen LogP contribution < -0.4 is 5.32 Å². The molecule has 2 rings (SSSR count). The molecule has 1 amide bonds. The Bertz CT molecular complexity index is 432. The zero-order valence-electron chi connectivity index (χ0n) is 8.42. The first-order valence-corrected chi connectivity index (χ1v) is 5.08. The lowest BCUT2D eigenvalue weighted by molar-refractivity contribution is -0.119. The summed E-state index contributed by atoms with van der Waals surface area (Å²) < 4.78 is 0. The third-order valence-electron chi connectivity index (χ3n) is 2.72. The van der Waals surface area contributed by atoms with Crippen LogP contribution in [0.2, 0.25) is 0 Å². The van der Waals surface area contributed by atoms with Crippen LogP contribution >= 0.6 is 0 Å². The molecule has 0 unspecified atom stereocenters. The minimum atomic E-state index is -0.240. The monoisotopic (exact) mass is 200 g/mol. The number of benzene rings is 1. The lowest BCUT2D eigenvalue weighted by atomic mass is 10.0. The van der Waals surface area contributed by atoms with Crippen molar-refractivity contribution in [2.75, 3.05) is 0 Å². The molecule has 0 fully saturated rings. The predicted octanol–water partition coefficient (Wildman–Crippen LogP) is 1.32. The number of amides is 1. The smallest absolute Gasteiger partial charge is 0.237 e. The van der Waals surface area contributed by atoms with Crippen molar-refractivity contribution in [1.29, 1.82) is 5.26 Å². The lowest BCUT2D eigenvalue weighted by Gasteiger charge is -2.03. The van der Waals surface area contributed by atoms with Gasteiger partial charge in [-0.15, -0.1) is 0 Å². The number of nitriles is 1. The summed E-state index contributed by atoms with van der Waals surface area (Å²) in [6, 6.07) is 6.15. The van der Waals surface area contributed by atoms with Crippen molar-refractivity contribution in [3.63, 3.8) is 0 Å². The molecule has 3 heteroatoms. The molecule has 0 spiro atoms. The van der Waals surface area contributed by atoms with E-state index in [0.29, 0.717) is 6.42 Å². The zero-order chi connectivity index (χ0) is 10.7. The largest absolute Gasteiger partial charge is 0.274 e. The Morgan fingerprint density at radius 3 is 3.00 bits per heavy atom. The molecule has 0 heterocycles. The third-order valence-corrected chi connectivity index (χ3v) is 2.72. The molecule has 0 atom stereocenters. The van der Waals surface area contributed by atoms with Crippen molar-refractivity contribution in [1.82, 2.24) is 5.32 Å². The molecule has 0 aromatic heterocycles. The first-order chi connectivity index (χ1) is 7.29. The summed E-state index contributed by atoms with van der Waals surface area (Å²) in [5.74, 6) is -0.240. The van der Waals surface area contributed by atoms with Crippen LogP contribution in [0.15, 0.2) is 18.2 Å². The van der Waals surface area contributed by atoms with Crippen LogP contribution in [0.5, 0.6) is 0 Å². The third kappa shape index (κ3) is 2.16. The minimum absolute atomic E-state index is 0.240. The van der Waals surface area contributed by atoms with E-state index in [1.54, 1.807) is 6.19 Å². The van der Waals surface area contributed by atoms with Crippen LogP contribution in [0.3, 0.4) is 0 Å². The molecule has 0 aliphatic heterocycles. The fourth-order valence-corrected chi connectivity index (χ4v) is 2.03. The summed E-state index contributed by atoms with van der Waals surface area (Å²) in [6.45, 7) is 0. The van der Waals surface area contributed by atoms with Gasteiger partial charge in [0.05, 0.1) is 6.42 Å². The number of hydrogen-bond donors (Lipinski definition) is 1. The van der Waals surface area contributed by atoms with Crippen molar-refractivity contribution >= 4 is 5.91 Å². The van der Waals surface area contributed by atoms with Gasteiger partial charge in [-0.05, 0) is 36.0 Å². The molecule has 1 N–H and O–H groups in total. The van der Waals surface area contributed by atoms with Gasteiger partial charge in [-0.1, -0.05) is 18.2 Å². The normalized spacial score (nSPS) is 13.0. The van der Waals surface area contributed by atoms with Gasteiger partial charge in [-0.25, -0.2) is 0 Å². The summed E-state index contributed by atoms with van der Waals surface area (Å²) in [6.07, 6.45) is 5.41. The summed E-state index contributed by atoms with van der Waals surface area (Å²) in [5.41, 5.74) is 3.75. The Balaban J connectivity index is 2.11. The summed E-state index contributed by atoms with van der Waals surface area (Å²) in [5, 5.41) is 10.4. The molecule has 0 radical (unpaired) electrons. The Kier molecular flexibility index (Phi) is 2.68. The molecule has 0 saturated carbocycles. The fourth-order valence-electron chi connectivity index (χ4n) is 2.03. The van der Waals surface area contributed by atoms with Gasteiger partial charge in [-0.2, -0.15) is 5.26 Å². The van der Waals surface area contributed by atoms with Crippen molar-refractivity contribution < 1.29 is 4.79 Å². The van der Waals surface area contributed by atoms with E-state index in [9.17, 15) is 4.79 Å². The summed E-state index contributed by atoms with van der Waals surface area (Å²) >= 11 is 0. The molecular weight excluding hydrogens is 188 g/mol. The Morgan fingerprint density at radius 1 is 1.40 bits per heavy atom. The Labute approximate surface area is 88.7 Å². The second kappa shape index (κ2) is 4.14. The molecule has 0 saturated heterocycles. The van der Waals surface area contributed by atoms with Crippen LogP contribution in [0, 0.1) is 11.5 Å². The van der Waals surface area contributed by atoms with Gasteiger partial charge in [0.2, 0.25) is 5.91 Å². The summed E-state index contributed by atoms with van der Waals surface area (Å²) in [7, 11) is 0. The molecule has 15 heavy (non-hydrogen) atoms. The van der Waals surface area contributed by atoms with E-state index in [4.69, 9.17) is 5.26 Å². The molecule has 1 aliphatic rings. The van der Waals surface area contributed by atoms with Crippen LogP contribution in [-0.2, 0) is 24.1 Å². The van der Waals surface area contributed by atoms with E-state index in [0.717, 1.165) is 18.4 Å². The standard InChI is InChI=1S/C12H12N2O/c13-8-14-12(15)7-9-4-5-10-2-1-3-11(10)6-9/h4-6H,1-3,7H2,(H,14,15). The van der Waals surface area contributed by atoms with Gasteiger partial charge in [-0.3, -0.25) is 10.1 Å². The van der Waals surface area contributed by atoms with E-state index in [-0.39, 0.29) is 5.91 Å². The first kappa shape index (κ1) is 9.72. The molecular formula is C12H12N2O. The topological polar surface area (TPSA) is 52.9 Å². The van der Waals surface area contributed by atoms with Gasteiger partial charge in [0.25, 0.3) is 0 Å². The lowest BCUT2D eigenvalue weighted by Crippen LogP contribution is -2.19. The second-order valence-corrected chi connectivity index (χ2v) is 3.79. The number of fused-ring (bicyclic) bond motifs is 1. The number of hydrogen-bond acceptors (Lipinski definition) is 2. The van der Waals surface area contributed by atoms with E-state index in [1.165, 1.54) is 17.5 Å². The van der Waals surface area contributed by atoms with Crippen molar-refractivity contribution in [3.05, 3.63) is 34.9 Å². The van der Waals surface area contributed by atoms with Gasteiger partial charge < -0.3 is 0 Å². The average molecular weight is 200 g/mol. The Morgan fingerprint density at radius 2 is 2.20 bits per heavy atom. The molecule has 1 aromatic rings. The van der Waals surface area contributed by atoms with E-state index < -0.39 is 0 Å². The highest BCUT2D eigenvalue weighted by atomic mass is 16.1. The molecule has 0 bridgehead atoms. The summed E-state index contributed by atoms with van der Waals surface area (Å²) in [4.78, 5) is 11.2. The van der Waals surface area contributed by atoms with Crippen molar-refractivity contribution in [2.24, 2.45) is 0 Å². The maximum absolute atomic E-state index is 11.2. The number of nitrogens with one attached hydrogen (secondary N) is 1. The van der Waals surface area contributed by atoms with Crippen LogP contribution in [0.1, 0.15) is 23.1 Å². The van der Waals surface area contributed by atoms with Crippen molar-refractivity contribution in [2.45, 2.75) is 25.7 Å². The number of aryl methyl sites for hydroxylation is 2. The highest BCUT2D eigenvalue weighted by Crippen LogP contribution is 2.22. The molecule has 1 aliphatic carbocycles. The van der Waals surface area contributed by atoms with E-state index >= 15 is 0 Å². The number of rotatable bonds is 2. The Hall–Kier alpha value is -1.82. The van der Waals surface area contributed by atoms with Crippen LogP contribution in [0.4, 0.5) is 0 Å². The minimum Gasteiger partial charge on any atom is -0.274 e. The highest BCUT2D eigenvalue weighted by molar-refractivity contribution is 5.79. The van der Waals surface area contributed by atoms with Gasteiger partial charge >= 0.3 is 0 Å². The van der Waals surface area contributed by atoms with Gasteiger partial charge in [0.15, 0.2) is 6.19 Å². The molecule has 3 nitrogen and oxygen atoms in total. The average Bonchev–Trinajstić information content (AvgIpc) is 2.65. The van der Waals surface area contributed by atoms with Gasteiger partial charge in [0.1, 0.15) is 0 Å². The fraction of sp³-hybridized carbons (Fsp3) is 0.333.